The van der Waals surface area contributed by atoms with E-state index in [2.05, 4.69) is 0 Å². The van der Waals surface area contributed by atoms with Gasteiger partial charge in [0.15, 0.2) is 0 Å². The number of phenolic OH excluding ortho intramolecular Hbond substituents is 1. The highest BCUT2D eigenvalue weighted by Gasteiger charge is 2.26. The van der Waals surface area contributed by atoms with Crippen molar-refractivity contribution in [3.8, 4) is 5.75 Å². The smallest absolute Gasteiger partial charge is 0.324 e. The topological polar surface area (TPSA) is 43.8 Å². The number of phenols is 1. The van der Waals surface area contributed by atoms with Gasteiger partial charge in [0.2, 0.25) is 0 Å². The van der Waals surface area contributed by atoms with Crippen LogP contribution in [0.25, 0.3) is 0 Å². The van der Waals surface area contributed by atoms with Gasteiger partial charge in [-0.15, -0.1) is 0 Å². The molecule has 1 aromatic rings. The Morgan fingerprint density at radius 2 is 1.86 bits per heavy atom. The summed E-state index contributed by atoms with van der Waals surface area (Å²) >= 11 is 0. The number of urea groups is 1. The van der Waals surface area contributed by atoms with Crippen molar-refractivity contribution in [2.24, 2.45) is 0 Å². The number of likely N-dealkylation sites (N-methyl/N-ethyl adjacent to an activating group) is 1. The van der Waals surface area contributed by atoms with Crippen LogP contribution in [0.2, 0.25) is 0 Å². The predicted molar refractivity (Wildman–Crippen MR) is 53.5 cm³/mol. The fourth-order valence-corrected chi connectivity index (χ4v) is 1.52. The molecule has 0 bridgehead atoms. The van der Waals surface area contributed by atoms with E-state index in [1.807, 2.05) is 0 Å². The van der Waals surface area contributed by atoms with Gasteiger partial charge >= 0.3 is 6.03 Å². The summed E-state index contributed by atoms with van der Waals surface area (Å²) in [4.78, 5) is 14.9. The van der Waals surface area contributed by atoms with Crippen LogP contribution in [0.5, 0.6) is 5.75 Å². The number of amides is 2. The molecule has 4 nitrogen and oxygen atoms in total. The van der Waals surface area contributed by atoms with Gasteiger partial charge in [-0.1, -0.05) is 0 Å². The first kappa shape index (κ1) is 8.87. The monoisotopic (exact) mass is 192 g/mol. The SMILES string of the molecule is CN1CCN(c2ccc(O)cc2)C1=O. The molecule has 74 valence electrons. The molecule has 1 aliphatic heterocycles. The normalized spacial score (nSPS) is 16.5. The van der Waals surface area contributed by atoms with E-state index in [0.29, 0.717) is 6.54 Å². The van der Waals surface area contributed by atoms with E-state index in [1.165, 1.54) is 0 Å². The molecule has 1 fully saturated rings. The van der Waals surface area contributed by atoms with Crippen LogP contribution in [0.3, 0.4) is 0 Å². The fraction of sp³-hybridized carbons (Fsp3) is 0.300. The van der Waals surface area contributed by atoms with Crippen LogP contribution in [-0.2, 0) is 0 Å². The van der Waals surface area contributed by atoms with Crippen molar-refractivity contribution in [2.75, 3.05) is 25.0 Å². The highest BCUT2D eigenvalue weighted by molar-refractivity contribution is 5.93. The lowest BCUT2D eigenvalue weighted by molar-refractivity contribution is 0.229. The molecule has 1 heterocycles. The summed E-state index contributed by atoms with van der Waals surface area (Å²) in [5.74, 6) is 0.216. The second kappa shape index (κ2) is 3.21. The minimum Gasteiger partial charge on any atom is -0.508 e. The Labute approximate surface area is 82.4 Å². The van der Waals surface area contributed by atoms with Gasteiger partial charge in [-0.25, -0.2) is 4.79 Å². The standard InChI is InChI=1S/C10H12N2O2/c1-11-6-7-12(10(11)14)8-2-4-9(13)5-3-8/h2-5,13H,6-7H2,1H3. The van der Waals surface area contributed by atoms with E-state index >= 15 is 0 Å². The zero-order valence-corrected chi connectivity index (χ0v) is 7.97. The summed E-state index contributed by atoms with van der Waals surface area (Å²) in [7, 11) is 1.78. The van der Waals surface area contributed by atoms with Gasteiger partial charge in [-0.3, -0.25) is 4.90 Å². The Balaban J connectivity index is 2.24. The van der Waals surface area contributed by atoms with Crippen LogP contribution in [0.1, 0.15) is 0 Å². The molecule has 1 N–H and O–H groups in total. The third-order valence-corrected chi connectivity index (χ3v) is 2.38. The van der Waals surface area contributed by atoms with Gasteiger partial charge in [-0.05, 0) is 24.3 Å². The molecule has 4 heteroatoms. The number of carbonyl (C=O) groups is 1. The van der Waals surface area contributed by atoms with Gasteiger partial charge < -0.3 is 10.0 Å². The van der Waals surface area contributed by atoms with E-state index in [4.69, 9.17) is 5.11 Å². The van der Waals surface area contributed by atoms with E-state index < -0.39 is 0 Å². The lowest BCUT2D eigenvalue weighted by Crippen LogP contribution is -2.28. The number of carbonyl (C=O) groups excluding carboxylic acids is 1. The number of benzene rings is 1. The third kappa shape index (κ3) is 1.39. The maximum Gasteiger partial charge on any atom is 0.324 e. The summed E-state index contributed by atoms with van der Waals surface area (Å²) in [5, 5.41) is 9.10. The molecule has 0 aromatic heterocycles. The van der Waals surface area contributed by atoms with Crippen LogP contribution in [-0.4, -0.2) is 36.2 Å². The molecule has 2 rings (SSSR count). The lowest BCUT2D eigenvalue weighted by Gasteiger charge is -2.15. The Morgan fingerprint density at radius 1 is 1.21 bits per heavy atom. The Bertz CT molecular complexity index is 348. The first-order valence-electron chi connectivity index (χ1n) is 4.50. The number of anilines is 1. The summed E-state index contributed by atoms with van der Waals surface area (Å²) in [6.45, 7) is 1.46. The zero-order valence-electron chi connectivity index (χ0n) is 7.97. The second-order valence-corrected chi connectivity index (χ2v) is 3.37. The van der Waals surface area contributed by atoms with Crippen LogP contribution in [0.4, 0.5) is 10.5 Å². The Hall–Kier alpha value is -1.71. The number of hydrogen-bond donors (Lipinski definition) is 1. The number of hydrogen-bond acceptors (Lipinski definition) is 2. The molecule has 2 amide bonds. The average Bonchev–Trinajstić information content (AvgIpc) is 2.50. The van der Waals surface area contributed by atoms with E-state index in [0.717, 1.165) is 12.2 Å². The molecular weight excluding hydrogens is 180 g/mol. The highest BCUT2D eigenvalue weighted by Crippen LogP contribution is 2.21. The minimum atomic E-state index is 0.00990. The van der Waals surface area contributed by atoms with Gasteiger partial charge in [0.05, 0.1) is 0 Å². The quantitative estimate of drug-likeness (QED) is 0.728. The molecule has 1 aliphatic rings. The molecule has 0 aliphatic carbocycles. The van der Waals surface area contributed by atoms with Crippen LogP contribution >= 0.6 is 0 Å². The molecule has 1 aromatic carbocycles. The zero-order chi connectivity index (χ0) is 10.1. The van der Waals surface area contributed by atoms with Crippen molar-refractivity contribution < 1.29 is 9.90 Å². The molecule has 0 saturated carbocycles. The average molecular weight is 192 g/mol. The summed E-state index contributed by atoms with van der Waals surface area (Å²) in [6, 6.07) is 6.66. The minimum absolute atomic E-state index is 0.00990. The highest BCUT2D eigenvalue weighted by atomic mass is 16.3. The van der Waals surface area contributed by atoms with Gasteiger partial charge in [0.25, 0.3) is 0 Å². The van der Waals surface area contributed by atoms with Crippen molar-refractivity contribution in [3.05, 3.63) is 24.3 Å². The van der Waals surface area contributed by atoms with Crippen LogP contribution in [0.15, 0.2) is 24.3 Å². The first-order chi connectivity index (χ1) is 6.68. The molecule has 14 heavy (non-hydrogen) atoms. The van der Waals surface area contributed by atoms with Gasteiger partial charge in [-0.2, -0.15) is 0 Å². The maximum atomic E-state index is 11.6. The van der Waals surface area contributed by atoms with Crippen LogP contribution in [0, 0.1) is 0 Å². The Morgan fingerprint density at radius 3 is 2.36 bits per heavy atom. The molecule has 0 radical (unpaired) electrons. The molecule has 1 saturated heterocycles. The van der Waals surface area contributed by atoms with E-state index in [1.54, 1.807) is 41.1 Å². The van der Waals surface area contributed by atoms with Crippen molar-refractivity contribution >= 4 is 11.7 Å². The maximum absolute atomic E-state index is 11.6. The van der Waals surface area contributed by atoms with Crippen molar-refractivity contribution in [1.82, 2.24) is 4.90 Å². The number of rotatable bonds is 1. The largest absolute Gasteiger partial charge is 0.508 e. The van der Waals surface area contributed by atoms with Crippen LogP contribution < -0.4 is 4.90 Å². The lowest BCUT2D eigenvalue weighted by atomic mass is 10.3. The molecular formula is C10H12N2O2. The first-order valence-corrected chi connectivity index (χ1v) is 4.50. The number of aromatic hydroxyl groups is 1. The molecule has 0 atom stereocenters. The summed E-state index contributed by atoms with van der Waals surface area (Å²) in [5.41, 5.74) is 0.831. The van der Waals surface area contributed by atoms with Gasteiger partial charge in [0, 0.05) is 25.8 Å². The number of nitrogens with zero attached hydrogens (tertiary/aromatic N) is 2. The Kier molecular flexibility index (Phi) is 2.04. The van der Waals surface area contributed by atoms with Gasteiger partial charge in [0.1, 0.15) is 5.75 Å². The predicted octanol–water partition coefficient (Wildman–Crippen LogP) is 1.26. The van der Waals surface area contributed by atoms with Crippen molar-refractivity contribution in [1.29, 1.82) is 0 Å². The summed E-state index contributed by atoms with van der Waals surface area (Å²) in [6.07, 6.45) is 0. The second-order valence-electron chi connectivity index (χ2n) is 3.37. The molecule has 0 spiro atoms. The van der Waals surface area contributed by atoms with Crippen molar-refractivity contribution in [3.63, 3.8) is 0 Å². The van der Waals surface area contributed by atoms with E-state index in [9.17, 15) is 4.79 Å². The van der Waals surface area contributed by atoms with Crippen molar-refractivity contribution in [2.45, 2.75) is 0 Å². The molecule has 0 unspecified atom stereocenters. The summed E-state index contributed by atoms with van der Waals surface area (Å²) < 4.78 is 0. The fourth-order valence-electron chi connectivity index (χ4n) is 1.52. The third-order valence-electron chi connectivity index (χ3n) is 2.38. The van der Waals surface area contributed by atoms with E-state index in [-0.39, 0.29) is 11.8 Å².